The molecule has 1 aromatic carbocycles. The van der Waals surface area contributed by atoms with Crippen molar-refractivity contribution in [3.05, 3.63) is 35.0 Å². The van der Waals surface area contributed by atoms with Crippen molar-refractivity contribution < 1.29 is 9.90 Å². The number of aryl methyl sites for hydroxylation is 4. The number of aromatic nitrogens is 1. The number of hydrogen-bond acceptors (Lipinski definition) is 2. The second kappa shape index (κ2) is 4.24. The molecule has 0 radical (unpaired) electrons. The summed E-state index contributed by atoms with van der Waals surface area (Å²) in [5.41, 5.74) is 4.72. The minimum Gasteiger partial charge on any atom is -0.550 e. The zero-order valence-electron chi connectivity index (χ0n) is 10.4. The van der Waals surface area contributed by atoms with Crippen molar-refractivity contribution in [2.24, 2.45) is 0 Å². The van der Waals surface area contributed by atoms with Gasteiger partial charge in [-0.05, 0) is 44.0 Å². The molecule has 2 rings (SSSR count). The number of rotatable bonds is 3. The van der Waals surface area contributed by atoms with Crippen LogP contribution in [0.5, 0.6) is 0 Å². The van der Waals surface area contributed by atoms with Crippen LogP contribution in [0.1, 0.15) is 23.2 Å². The molecule has 0 aliphatic heterocycles. The van der Waals surface area contributed by atoms with Crippen LogP contribution in [0.2, 0.25) is 0 Å². The number of carbonyl (C=O) groups is 1. The van der Waals surface area contributed by atoms with Gasteiger partial charge >= 0.3 is 0 Å². The number of benzene rings is 1. The van der Waals surface area contributed by atoms with E-state index in [0.29, 0.717) is 6.54 Å². The van der Waals surface area contributed by atoms with Crippen LogP contribution in [0, 0.1) is 20.8 Å². The van der Waals surface area contributed by atoms with Crippen molar-refractivity contribution >= 4 is 16.9 Å². The molecule has 1 heterocycles. The van der Waals surface area contributed by atoms with E-state index in [-0.39, 0.29) is 6.42 Å². The Hall–Kier alpha value is -1.77. The number of aliphatic carboxylic acids is 1. The second-order valence-corrected chi connectivity index (χ2v) is 4.50. The van der Waals surface area contributed by atoms with Gasteiger partial charge in [-0.25, -0.2) is 0 Å². The summed E-state index contributed by atoms with van der Waals surface area (Å²) in [6.45, 7) is 6.66. The van der Waals surface area contributed by atoms with Crippen molar-refractivity contribution in [3.63, 3.8) is 0 Å². The molecule has 0 saturated carbocycles. The Kier molecular flexibility index (Phi) is 2.92. The maximum absolute atomic E-state index is 10.5. The van der Waals surface area contributed by atoms with E-state index in [4.69, 9.17) is 0 Å². The van der Waals surface area contributed by atoms with Gasteiger partial charge in [0.1, 0.15) is 0 Å². The normalized spacial score (nSPS) is 11.0. The van der Waals surface area contributed by atoms with E-state index in [0.717, 1.165) is 11.2 Å². The van der Waals surface area contributed by atoms with Gasteiger partial charge < -0.3 is 14.5 Å². The molecule has 3 heteroatoms. The van der Waals surface area contributed by atoms with Crippen molar-refractivity contribution in [2.75, 3.05) is 0 Å². The average Bonchev–Trinajstić information content (AvgIpc) is 2.58. The van der Waals surface area contributed by atoms with Crippen LogP contribution in [0.25, 0.3) is 10.9 Å². The quantitative estimate of drug-likeness (QED) is 0.805. The lowest BCUT2D eigenvalue weighted by Gasteiger charge is -2.09. The van der Waals surface area contributed by atoms with Gasteiger partial charge in [0, 0.05) is 35.5 Å². The molecule has 17 heavy (non-hydrogen) atoms. The molecule has 1 aromatic heterocycles. The number of hydrogen-bond donors (Lipinski definition) is 0. The topological polar surface area (TPSA) is 45.1 Å². The van der Waals surface area contributed by atoms with E-state index < -0.39 is 5.97 Å². The maximum Gasteiger partial charge on any atom is 0.0485 e. The molecule has 2 aromatic rings. The highest BCUT2D eigenvalue weighted by molar-refractivity contribution is 5.85. The van der Waals surface area contributed by atoms with Gasteiger partial charge in [-0.15, -0.1) is 0 Å². The molecule has 0 aliphatic rings. The summed E-state index contributed by atoms with van der Waals surface area (Å²) in [5.74, 6) is -1.00. The molecule has 0 saturated heterocycles. The fourth-order valence-corrected chi connectivity index (χ4v) is 2.22. The average molecular weight is 230 g/mol. The molecule has 0 aliphatic carbocycles. The van der Waals surface area contributed by atoms with E-state index in [1.807, 2.05) is 11.5 Å². The highest BCUT2D eigenvalue weighted by Gasteiger charge is 2.08. The molecule has 0 fully saturated rings. The first-order valence-corrected chi connectivity index (χ1v) is 5.76. The summed E-state index contributed by atoms with van der Waals surface area (Å²) < 4.78 is 2.04. The molecule has 0 spiro atoms. The van der Waals surface area contributed by atoms with Crippen LogP contribution in [0.3, 0.4) is 0 Å². The molecular weight excluding hydrogens is 214 g/mol. The zero-order valence-corrected chi connectivity index (χ0v) is 10.4. The Labute approximate surface area is 101 Å². The molecule has 0 amide bonds. The summed E-state index contributed by atoms with van der Waals surface area (Å²) >= 11 is 0. The molecule has 90 valence electrons. The van der Waals surface area contributed by atoms with Crippen LogP contribution in [0.4, 0.5) is 0 Å². The van der Waals surface area contributed by atoms with Crippen LogP contribution in [-0.2, 0) is 11.3 Å². The highest BCUT2D eigenvalue weighted by atomic mass is 16.4. The van der Waals surface area contributed by atoms with Crippen molar-refractivity contribution in [3.8, 4) is 0 Å². The van der Waals surface area contributed by atoms with E-state index in [2.05, 4.69) is 32.0 Å². The summed E-state index contributed by atoms with van der Waals surface area (Å²) in [4.78, 5) is 10.5. The molecular formula is C14H16NO2-. The van der Waals surface area contributed by atoms with Gasteiger partial charge in [0.05, 0.1) is 0 Å². The van der Waals surface area contributed by atoms with Gasteiger partial charge in [-0.2, -0.15) is 0 Å². The Morgan fingerprint density at radius 1 is 1.29 bits per heavy atom. The van der Waals surface area contributed by atoms with Gasteiger partial charge in [0.25, 0.3) is 0 Å². The van der Waals surface area contributed by atoms with E-state index in [1.54, 1.807) is 0 Å². The number of carboxylic acid groups (broad SMARTS) is 1. The van der Waals surface area contributed by atoms with Crippen molar-refractivity contribution in [2.45, 2.75) is 33.7 Å². The second-order valence-electron chi connectivity index (χ2n) is 4.50. The third kappa shape index (κ3) is 2.05. The number of carboxylic acids is 1. The van der Waals surface area contributed by atoms with Crippen LogP contribution in [0.15, 0.2) is 18.2 Å². The predicted molar refractivity (Wildman–Crippen MR) is 65.8 cm³/mol. The summed E-state index contributed by atoms with van der Waals surface area (Å²) in [6.07, 6.45) is 0.0531. The zero-order chi connectivity index (χ0) is 12.6. The monoisotopic (exact) mass is 230 g/mol. The highest BCUT2D eigenvalue weighted by Crippen LogP contribution is 2.25. The van der Waals surface area contributed by atoms with Crippen LogP contribution >= 0.6 is 0 Å². The van der Waals surface area contributed by atoms with E-state index in [9.17, 15) is 9.90 Å². The Balaban J connectivity index is 2.52. The first-order chi connectivity index (χ1) is 8.00. The summed E-state index contributed by atoms with van der Waals surface area (Å²) in [5, 5.41) is 11.7. The third-order valence-electron chi connectivity index (χ3n) is 3.37. The SMILES string of the molecule is Cc1ccc2c(cc(C)n2CCC(=O)[O-])c1C. The van der Waals surface area contributed by atoms with E-state index in [1.165, 1.54) is 16.5 Å². The van der Waals surface area contributed by atoms with Crippen molar-refractivity contribution in [1.29, 1.82) is 0 Å². The van der Waals surface area contributed by atoms with E-state index >= 15 is 0 Å². The first-order valence-electron chi connectivity index (χ1n) is 5.76. The molecule has 0 bridgehead atoms. The molecule has 0 N–H and O–H groups in total. The van der Waals surface area contributed by atoms with Crippen LogP contribution < -0.4 is 5.11 Å². The standard InChI is InChI=1S/C14H17NO2/c1-9-4-5-13-12(11(9)3)8-10(2)15(13)7-6-14(16)17/h4-5,8H,6-7H2,1-3H3,(H,16,17)/p-1. The maximum atomic E-state index is 10.5. The summed E-state index contributed by atoms with van der Waals surface area (Å²) in [7, 11) is 0. The van der Waals surface area contributed by atoms with Gasteiger partial charge in [0.15, 0.2) is 0 Å². The summed E-state index contributed by atoms with van der Waals surface area (Å²) in [6, 6.07) is 6.25. The molecule has 0 unspecified atom stereocenters. The smallest absolute Gasteiger partial charge is 0.0485 e. The van der Waals surface area contributed by atoms with Crippen molar-refractivity contribution in [1.82, 2.24) is 4.57 Å². The number of fused-ring (bicyclic) bond motifs is 1. The minimum atomic E-state index is -1.00. The van der Waals surface area contributed by atoms with Crippen LogP contribution in [-0.4, -0.2) is 10.5 Å². The largest absolute Gasteiger partial charge is 0.550 e. The number of nitrogens with zero attached hydrogens (tertiary/aromatic N) is 1. The van der Waals surface area contributed by atoms with Gasteiger partial charge in [0.2, 0.25) is 0 Å². The Morgan fingerprint density at radius 3 is 2.65 bits per heavy atom. The first kappa shape index (κ1) is 11.7. The molecule has 0 atom stereocenters. The third-order valence-corrected chi connectivity index (χ3v) is 3.37. The Bertz CT molecular complexity index is 581. The Morgan fingerprint density at radius 2 is 2.00 bits per heavy atom. The lowest BCUT2D eigenvalue weighted by atomic mass is 10.1. The lowest BCUT2D eigenvalue weighted by Crippen LogP contribution is -2.23. The van der Waals surface area contributed by atoms with Gasteiger partial charge in [-0.3, -0.25) is 0 Å². The fourth-order valence-electron chi connectivity index (χ4n) is 2.22. The fraction of sp³-hybridized carbons (Fsp3) is 0.357. The predicted octanol–water partition coefficient (Wildman–Crippen LogP) is 1.71. The van der Waals surface area contributed by atoms with Gasteiger partial charge in [-0.1, -0.05) is 6.07 Å². The minimum absolute atomic E-state index is 0.0531. The number of carbonyl (C=O) groups excluding carboxylic acids is 1. The lowest BCUT2D eigenvalue weighted by molar-refractivity contribution is -0.305. The molecule has 3 nitrogen and oxygen atoms in total.